The molecular formula is C15H15BrN2O2. The molecule has 1 aromatic heterocycles. The molecule has 2 aromatic rings. The molecule has 0 fully saturated rings. The molecule has 0 saturated carbocycles. The molecule has 20 heavy (non-hydrogen) atoms. The van der Waals surface area contributed by atoms with E-state index in [0.717, 1.165) is 15.6 Å². The predicted molar refractivity (Wildman–Crippen MR) is 81.4 cm³/mol. The quantitative estimate of drug-likeness (QED) is 0.929. The molecule has 2 rings (SSSR count). The zero-order valence-electron chi connectivity index (χ0n) is 11.1. The highest BCUT2D eigenvalue weighted by atomic mass is 79.9. The van der Waals surface area contributed by atoms with E-state index in [1.807, 2.05) is 24.3 Å². The largest absolute Gasteiger partial charge is 0.352 e. The molecule has 0 saturated heterocycles. The molecule has 1 amide bonds. The normalized spacial score (nSPS) is 10.3. The van der Waals surface area contributed by atoms with Crippen LogP contribution in [0, 0.1) is 0 Å². The maximum absolute atomic E-state index is 11.8. The van der Waals surface area contributed by atoms with Crippen LogP contribution in [0.1, 0.15) is 11.1 Å². The van der Waals surface area contributed by atoms with E-state index in [-0.39, 0.29) is 11.5 Å². The first kappa shape index (κ1) is 14.5. The molecule has 0 aliphatic heterocycles. The number of halogens is 1. The fourth-order valence-corrected chi connectivity index (χ4v) is 2.07. The number of carbonyl (C=O) groups is 1. The zero-order valence-corrected chi connectivity index (χ0v) is 12.7. The van der Waals surface area contributed by atoms with Gasteiger partial charge in [-0.2, -0.15) is 0 Å². The van der Waals surface area contributed by atoms with Gasteiger partial charge in [0, 0.05) is 30.3 Å². The highest BCUT2D eigenvalue weighted by Gasteiger charge is 2.04. The van der Waals surface area contributed by atoms with Gasteiger partial charge in [0.1, 0.15) is 0 Å². The summed E-state index contributed by atoms with van der Waals surface area (Å²) in [6.07, 6.45) is 2.07. The van der Waals surface area contributed by atoms with Crippen LogP contribution in [-0.4, -0.2) is 10.5 Å². The average molecular weight is 335 g/mol. The van der Waals surface area contributed by atoms with Crippen LogP contribution in [0.2, 0.25) is 0 Å². The minimum absolute atomic E-state index is 0.0406. The van der Waals surface area contributed by atoms with E-state index in [0.29, 0.717) is 13.0 Å². The second-order valence-electron chi connectivity index (χ2n) is 4.57. The number of pyridine rings is 1. The van der Waals surface area contributed by atoms with Crippen molar-refractivity contribution in [2.45, 2.75) is 13.0 Å². The minimum Gasteiger partial charge on any atom is -0.352 e. The van der Waals surface area contributed by atoms with Gasteiger partial charge in [-0.25, -0.2) is 0 Å². The molecule has 0 atom stereocenters. The molecule has 0 radical (unpaired) electrons. The summed E-state index contributed by atoms with van der Waals surface area (Å²) in [7, 11) is 1.69. The number of nitrogens with zero attached hydrogens (tertiary/aromatic N) is 1. The topological polar surface area (TPSA) is 51.1 Å². The highest BCUT2D eigenvalue weighted by Crippen LogP contribution is 2.10. The molecule has 1 N–H and O–H groups in total. The van der Waals surface area contributed by atoms with Gasteiger partial charge in [-0.05, 0) is 23.3 Å². The lowest BCUT2D eigenvalue weighted by molar-refractivity contribution is -0.120. The minimum atomic E-state index is -0.0602. The number of nitrogens with one attached hydrogen (secondary N) is 1. The first-order valence-corrected chi connectivity index (χ1v) is 7.00. The third-order valence-electron chi connectivity index (χ3n) is 2.91. The predicted octanol–water partition coefficient (Wildman–Crippen LogP) is 2.01. The van der Waals surface area contributed by atoms with E-state index in [4.69, 9.17) is 0 Å². The van der Waals surface area contributed by atoms with E-state index in [2.05, 4.69) is 21.2 Å². The van der Waals surface area contributed by atoms with E-state index in [1.54, 1.807) is 19.3 Å². The Balaban J connectivity index is 1.90. The number of aromatic nitrogens is 1. The number of hydrogen-bond donors (Lipinski definition) is 1. The molecule has 5 heteroatoms. The van der Waals surface area contributed by atoms with E-state index in [9.17, 15) is 9.59 Å². The van der Waals surface area contributed by atoms with Crippen molar-refractivity contribution >= 4 is 21.8 Å². The summed E-state index contributed by atoms with van der Waals surface area (Å²) >= 11 is 3.36. The average Bonchev–Trinajstić information content (AvgIpc) is 2.43. The molecule has 0 bridgehead atoms. The Morgan fingerprint density at radius 2 is 1.80 bits per heavy atom. The number of benzene rings is 1. The van der Waals surface area contributed by atoms with Crippen molar-refractivity contribution in [3.05, 3.63) is 68.5 Å². The van der Waals surface area contributed by atoms with Gasteiger partial charge in [0.25, 0.3) is 0 Å². The third kappa shape index (κ3) is 4.06. The molecule has 0 unspecified atom stereocenters. The van der Waals surface area contributed by atoms with Crippen LogP contribution in [0.3, 0.4) is 0 Å². The van der Waals surface area contributed by atoms with Crippen LogP contribution in [0.15, 0.2) is 51.9 Å². The lowest BCUT2D eigenvalue weighted by atomic mass is 10.1. The van der Waals surface area contributed by atoms with Gasteiger partial charge in [0.05, 0.1) is 6.42 Å². The van der Waals surface area contributed by atoms with E-state index in [1.165, 1.54) is 10.6 Å². The first-order valence-electron chi connectivity index (χ1n) is 6.21. The molecule has 0 aliphatic rings. The SMILES string of the molecule is Cn1cc(CNC(=O)Cc2ccc(Br)cc2)ccc1=O. The summed E-state index contributed by atoms with van der Waals surface area (Å²) in [6, 6.07) is 10.9. The molecular weight excluding hydrogens is 320 g/mol. The number of rotatable bonds is 4. The Morgan fingerprint density at radius 3 is 2.45 bits per heavy atom. The van der Waals surface area contributed by atoms with Crippen molar-refractivity contribution in [1.82, 2.24) is 9.88 Å². The smallest absolute Gasteiger partial charge is 0.250 e. The van der Waals surface area contributed by atoms with Crippen LogP contribution >= 0.6 is 15.9 Å². The van der Waals surface area contributed by atoms with E-state index < -0.39 is 0 Å². The van der Waals surface area contributed by atoms with Crippen molar-refractivity contribution in [2.24, 2.45) is 7.05 Å². The van der Waals surface area contributed by atoms with Gasteiger partial charge < -0.3 is 9.88 Å². The Hall–Kier alpha value is -1.88. The van der Waals surface area contributed by atoms with Gasteiger partial charge in [-0.1, -0.05) is 34.1 Å². The van der Waals surface area contributed by atoms with Crippen molar-refractivity contribution in [1.29, 1.82) is 0 Å². The van der Waals surface area contributed by atoms with Gasteiger partial charge >= 0.3 is 0 Å². The molecule has 4 nitrogen and oxygen atoms in total. The molecule has 1 aromatic carbocycles. The maximum atomic E-state index is 11.8. The fraction of sp³-hybridized carbons (Fsp3) is 0.200. The first-order chi connectivity index (χ1) is 9.54. The third-order valence-corrected chi connectivity index (χ3v) is 3.44. The lowest BCUT2D eigenvalue weighted by Crippen LogP contribution is -2.25. The fourth-order valence-electron chi connectivity index (χ4n) is 1.81. The Kier molecular flexibility index (Phi) is 4.74. The van der Waals surface area contributed by atoms with Gasteiger partial charge in [-0.3, -0.25) is 9.59 Å². The van der Waals surface area contributed by atoms with Crippen LogP contribution in [0.5, 0.6) is 0 Å². The van der Waals surface area contributed by atoms with Gasteiger partial charge in [-0.15, -0.1) is 0 Å². The van der Waals surface area contributed by atoms with Gasteiger partial charge in [0.15, 0.2) is 0 Å². The molecule has 104 valence electrons. The van der Waals surface area contributed by atoms with Crippen molar-refractivity contribution in [2.75, 3.05) is 0 Å². The Morgan fingerprint density at radius 1 is 1.15 bits per heavy atom. The summed E-state index contributed by atoms with van der Waals surface area (Å²) in [5, 5.41) is 2.84. The highest BCUT2D eigenvalue weighted by molar-refractivity contribution is 9.10. The van der Waals surface area contributed by atoms with Crippen LogP contribution < -0.4 is 10.9 Å². The number of amides is 1. The summed E-state index contributed by atoms with van der Waals surface area (Å²) < 4.78 is 2.49. The summed E-state index contributed by atoms with van der Waals surface area (Å²) in [6.45, 7) is 0.420. The van der Waals surface area contributed by atoms with Crippen LogP contribution in [-0.2, 0) is 24.8 Å². The standard InChI is InChI=1S/C15H15BrN2O2/c1-18-10-12(4-7-15(18)20)9-17-14(19)8-11-2-5-13(16)6-3-11/h2-7,10H,8-9H2,1H3,(H,17,19). The van der Waals surface area contributed by atoms with Crippen LogP contribution in [0.25, 0.3) is 0 Å². The van der Waals surface area contributed by atoms with Crippen molar-refractivity contribution in [3.8, 4) is 0 Å². The maximum Gasteiger partial charge on any atom is 0.250 e. The summed E-state index contributed by atoms with van der Waals surface area (Å²) in [5.74, 6) is -0.0406. The van der Waals surface area contributed by atoms with E-state index >= 15 is 0 Å². The van der Waals surface area contributed by atoms with Crippen molar-refractivity contribution in [3.63, 3.8) is 0 Å². The number of carbonyl (C=O) groups excluding carboxylic acids is 1. The van der Waals surface area contributed by atoms with Crippen molar-refractivity contribution < 1.29 is 4.79 Å². The molecule has 1 heterocycles. The second kappa shape index (κ2) is 6.52. The van der Waals surface area contributed by atoms with Gasteiger partial charge in [0.2, 0.25) is 11.5 Å². The van der Waals surface area contributed by atoms with Crippen LogP contribution in [0.4, 0.5) is 0 Å². The monoisotopic (exact) mass is 334 g/mol. The summed E-state index contributed by atoms with van der Waals surface area (Å²) in [4.78, 5) is 23.1. The molecule has 0 spiro atoms. The zero-order chi connectivity index (χ0) is 14.5. The Labute approximate surface area is 125 Å². The summed E-state index contributed by atoms with van der Waals surface area (Å²) in [5.41, 5.74) is 1.80. The number of aryl methyl sites for hydroxylation is 1. The number of hydrogen-bond acceptors (Lipinski definition) is 2. The second-order valence-corrected chi connectivity index (χ2v) is 5.48. The molecule has 0 aliphatic carbocycles. The Bertz CT molecular complexity index is 662. The lowest BCUT2D eigenvalue weighted by Gasteiger charge is -2.07.